The van der Waals surface area contributed by atoms with E-state index >= 15 is 0 Å². The molecule has 0 N–H and O–H groups in total. The Balaban J connectivity index is 1.06. The second-order valence-corrected chi connectivity index (χ2v) is 13.8. The highest BCUT2D eigenvalue weighted by molar-refractivity contribution is 5.88. The van der Waals surface area contributed by atoms with Crippen LogP contribution in [0.25, 0.3) is 67.7 Å². The number of rotatable bonds is 7. The van der Waals surface area contributed by atoms with Crippen LogP contribution in [0.1, 0.15) is 22.3 Å². The lowest BCUT2D eigenvalue weighted by Gasteiger charge is -2.34. The fourth-order valence-corrected chi connectivity index (χ4v) is 8.11. The van der Waals surface area contributed by atoms with E-state index in [1.807, 2.05) is 54.7 Å². The Morgan fingerprint density at radius 2 is 0.764 bits per heavy atom. The molecule has 0 unspecified atom stereocenters. The summed E-state index contributed by atoms with van der Waals surface area (Å²) < 4.78 is 0. The highest BCUT2D eigenvalue weighted by atomic mass is 15.0. The Morgan fingerprint density at radius 3 is 1.35 bits per heavy atom. The lowest BCUT2D eigenvalue weighted by molar-refractivity contribution is 0.769. The molecule has 0 fully saturated rings. The molecule has 9 aromatic rings. The summed E-state index contributed by atoms with van der Waals surface area (Å²) in [4.78, 5) is 19.5. The molecule has 0 spiro atoms. The average Bonchev–Trinajstić information content (AvgIpc) is 3.58. The largest absolute Gasteiger partial charge is 0.256 e. The molecule has 0 bridgehead atoms. The SMILES string of the molecule is c1ccc(-c2nc(-c3ccc(-c4ccc5c(c4)C(c4ccccc4)(c4ccccc4)c4ccccc4-5)cc3)nc(-c3ccc(-c4ccccn4)cc3)n2)cc1. The monoisotopic (exact) mass is 702 g/mol. The number of fused-ring (bicyclic) bond motifs is 3. The average molecular weight is 703 g/mol. The zero-order valence-electron chi connectivity index (χ0n) is 29.9. The van der Waals surface area contributed by atoms with Crippen LogP contribution in [0.3, 0.4) is 0 Å². The van der Waals surface area contributed by atoms with E-state index in [-0.39, 0.29) is 0 Å². The molecule has 0 amide bonds. The van der Waals surface area contributed by atoms with Crippen LogP contribution < -0.4 is 0 Å². The third-order valence-corrected chi connectivity index (χ3v) is 10.7. The van der Waals surface area contributed by atoms with Gasteiger partial charge in [0.1, 0.15) is 0 Å². The van der Waals surface area contributed by atoms with Gasteiger partial charge in [-0.3, -0.25) is 4.98 Å². The normalized spacial score (nSPS) is 12.5. The highest BCUT2D eigenvalue weighted by Gasteiger charge is 2.46. The summed E-state index contributed by atoms with van der Waals surface area (Å²) in [6, 6.07) is 70.5. The minimum absolute atomic E-state index is 0.449. The summed E-state index contributed by atoms with van der Waals surface area (Å²) in [5.41, 5.74) is 14.2. The van der Waals surface area contributed by atoms with E-state index in [4.69, 9.17) is 15.0 Å². The smallest absolute Gasteiger partial charge is 0.164 e. The van der Waals surface area contributed by atoms with Crippen molar-refractivity contribution in [2.75, 3.05) is 0 Å². The maximum absolute atomic E-state index is 5.02. The molecule has 55 heavy (non-hydrogen) atoms. The summed E-state index contributed by atoms with van der Waals surface area (Å²) in [6.45, 7) is 0. The van der Waals surface area contributed by atoms with Crippen molar-refractivity contribution in [2.24, 2.45) is 0 Å². The van der Waals surface area contributed by atoms with Crippen molar-refractivity contribution in [3.8, 4) is 67.7 Å². The van der Waals surface area contributed by atoms with E-state index in [1.165, 1.54) is 33.4 Å². The molecule has 0 saturated heterocycles. The van der Waals surface area contributed by atoms with Crippen molar-refractivity contribution in [3.05, 3.63) is 229 Å². The fourth-order valence-electron chi connectivity index (χ4n) is 8.11. The van der Waals surface area contributed by atoms with Gasteiger partial charge in [-0.05, 0) is 62.7 Å². The quantitative estimate of drug-likeness (QED) is 0.166. The molecule has 2 heterocycles. The molecule has 0 aliphatic heterocycles. The Hall–Kier alpha value is -7.30. The van der Waals surface area contributed by atoms with Crippen molar-refractivity contribution in [3.63, 3.8) is 0 Å². The molecule has 0 radical (unpaired) electrons. The Kier molecular flexibility index (Phi) is 8.00. The topological polar surface area (TPSA) is 51.6 Å². The predicted octanol–water partition coefficient (Wildman–Crippen LogP) is 12.0. The number of pyridine rings is 1. The second-order valence-electron chi connectivity index (χ2n) is 13.8. The van der Waals surface area contributed by atoms with E-state index < -0.39 is 5.41 Å². The van der Waals surface area contributed by atoms with Crippen LogP contribution in [0, 0.1) is 0 Å². The number of nitrogens with zero attached hydrogens (tertiary/aromatic N) is 4. The molecule has 1 aliphatic rings. The van der Waals surface area contributed by atoms with E-state index in [0.717, 1.165) is 39.1 Å². The minimum Gasteiger partial charge on any atom is -0.256 e. The van der Waals surface area contributed by atoms with Crippen LogP contribution in [-0.2, 0) is 5.41 Å². The van der Waals surface area contributed by atoms with Crippen molar-refractivity contribution < 1.29 is 0 Å². The van der Waals surface area contributed by atoms with Crippen molar-refractivity contribution in [1.29, 1.82) is 0 Å². The first-order chi connectivity index (χ1) is 27.3. The number of aromatic nitrogens is 4. The molecule has 4 nitrogen and oxygen atoms in total. The third kappa shape index (κ3) is 5.63. The van der Waals surface area contributed by atoms with Crippen molar-refractivity contribution in [1.82, 2.24) is 19.9 Å². The molecule has 0 saturated carbocycles. The van der Waals surface area contributed by atoms with Crippen LogP contribution >= 0.6 is 0 Å². The molecule has 0 atom stereocenters. The van der Waals surface area contributed by atoms with E-state index in [2.05, 4.69) is 157 Å². The predicted molar refractivity (Wildman–Crippen MR) is 222 cm³/mol. The molecule has 7 aromatic carbocycles. The van der Waals surface area contributed by atoms with E-state index in [0.29, 0.717) is 17.5 Å². The fraction of sp³-hybridized carbons (Fsp3) is 0.0196. The molecule has 258 valence electrons. The van der Waals surface area contributed by atoms with Gasteiger partial charge in [0.2, 0.25) is 0 Å². The molecular formula is C51H34N4. The molecule has 10 rings (SSSR count). The van der Waals surface area contributed by atoms with Gasteiger partial charge in [-0.2, -0.15) is 0 Å². The Labute approximate surface area is 320 Å². The van der Waals surface area contributed by atoms with Gasteiger partial charge in [-0.1, -0.05) is 182 Å². The summed E-state index contributed by atoms with van der Waals surface area (Å²) >= 11 is 0. The zero-order valence-corrected chi connectivity index (χ0v) is 29.9. The minimum atomic E-state index is -0.449. The first-order valence-corrected chi connectivity index (χ1v) is 18.6. The van der Waals surface area contributed by atoms with Gasteiger partial charge in [-0.15, -0.1) is 0 Å². The van der Waals surface area contributed by atoms with Gasteiger partial charge in [0.05, 0.1) is 11.1 Å². The van der Waals surface area contributed by atoms with Crippen LogP contribution in [0.5, 0.6) is 0 Å². The molecule has 4 heteroatoms. The van der Waals surface area contributed by atoms with Gasteiger partial charge >= 0.3 is 0 Å². The molecular weight excluding hydrogens is 669 g/mol. The number of hydrogen-bond donors (Lipinski definition) is 0. The van der Waals surface area contributed by atoms with Gasteiger partial charge < -0.3 is 0 Å². The van der Waals surface area contributed by atoms with Crippen molar-refractivity contribution >= 4 is 0 Å². The van der Waals surface area contributed by atoms with Crippen LogP contribution in [0.2, 0.25) is 0 Å². The van der Waals surface area contributed by atoms with Crippen LogP contribution in [0.15, 0.2) is 206 Å². The lowest BCUT2D eigenvalue weighted by Crippen LogP contribution is -2.28. The van der Waals surface area contributed by atoms with Crippen LogP contribution in [0.4, 0.5) is 0 Å². The Morgan fingerprint density at radius 1 is 0.309 bits per heavy atom. The van der Waals surface area contributed by atoms with E-state index in [9.17, 15) is 0 Å². The van der Waals surface area contributed by atoms with Gasteiger partial charge in [0.15, 0.2) is 17.5 Å². The number of hydrogen-bond acceptors (Lipinski definition) is 4. The number of benzene rings is 7. The van der Waals surface area contributed by atoms with Gasteiger partial charge in [0, 0.05) is 28.5 Å². The zero-order chi connectivity index (χ0) is 36.6. The summed E-state index contributed by atoms with van der Waals surface area (Å²) in [7, 11) is 0. The maximum atomic E-state index is 5.02. The van der Waals surface area contributed by atoms with Crippen molar-refractivity contribution in [2.45, 2.75) is 5.41 Å². The summed E-state index contributed by atoms with van der Waals surface area (Å²) in [5.74, 6) is 1.88. The second kappa shape index (κ2) is 13.6. The van der Waals surface area contributed by atoms with Crippen LogP contribution in [-0.4, -0.2) is 19.9 Å². The maximum Gasteiger partial charge on any atom is 0.164 e. The summed E-state index contributed by atoms with van der Waals surface area (Å²) in [5, 5.41) is 0. The molecule has 2 aromatic heterocycles. The first kappa shape index (κ1) is 32.4. The van der Waals surface area contributed by atoms with Gasteiger partial charge in [-0.25, -0.2) is 15.0 Å². The summed E-state index contributed by atoms with van der Waals surface area (Å²) in [6.07, 6.45) is 1.81. The molecule has 1 aliphatic carbocycles. The highest BCUT2D eigenvalue weighted by Crippen LogP contribution is 2.56. The van der Waals surface area contributed by atoms with Gasteiger partial charge in [0.25, 0.3) is 0 Å². The Bertz CT molecular complexity index is 2730. The first-order valence-electron chi connectivity index (χ1n) is 18.6. The lowest BCUT2D eigenvalue weighted by atomic mass is 9.67. The van der Waals surface area contributed by atoms with E-state index in [1.54, 1.807) is 0 Å². The third-order valence-electron chi connectivity index (χ3n) is 10.7. The standard InChI is InChI=1S/C51H34N4/c1-4-14-37(15-5-1)48-53-49(55-50(54-48)39-29-25-36(26-30-39)47-22-12-13-33-52-47)38-27-23-35(24-28-38)40-31-32-44-43-20-10-11-21-45(43)51(46(44)34-40,41-16-6-2-7-17-41)42-18-8-3-9-19-42/h1-34H.